The average Bonchev–Trinajstić information content (AvgIpc) is 2.74. The van der Waals surface area contributed by atoms with E-state index in [0.717, 1.165) is 19.5 Å². The summed E-state index contributed by atoms with van der Waals surface area (Å²) in [6.45, 7) is 1.67. The van der Waals surface area contributed by atoms with Crippen molar-refractivity contribution in [3.05, 3.63) is 12.2 Å². The van der Waals surface area contributed by atoms with Crippen LogP contribution < -0.4 is 5.32 Å². The van der Waals surface area contributed by atoms with Crippen LogP contribution in [0.15, 0.2) is 6.33 Å². The highest BCUT2D eigenvalue weighted by Crippen LogP contribution is 2.14. The zero-order chi connectivity index (χ0) is 9.26. The number of nitrogens with zero attached hydrogens (tertiary/aromatic N) is 3. The summed E-state index contributed by atoms with van der Waals surface area (Å²) < 4.78 is 1.47. The lowest BCUT2D eigenvalue weighted by atomic mass is 10.3. The molecule has 13 heavy (non-hydrogen) atoms. The lowest BCUT2D eigenvalue weighted by Crippen LogP contribution is -2.19. The molecule has 6 heteroatoms. The van der Waals surface area contributed by atoms with E-state index < -0.39 is 5.97 Å². The van der Waals surface area contributed by atoms with E-state index >= 15 is 0 Å². The normalized spacial score (nSPS) is 22.0. The van der Waals surface area contributed by atoms with Gasteiger partial charge in [-0.15, -0.1) is 0 Å². The molecular formula is C7H10N4O2. The van der Waals surface area contributed by atoms with Gasteiger partial charge in [-0.1, -0.05) is 0 Å². The first-order valence-corrected chi connectivity index (χ1v) is 4.12. The minimum atomic E-state index is -1.02. The highest BCUT2D eigenvalue weighted by atomic mass is 16.4. The molecule has 6 nitrogen and oxygen atoms in total. The molecule has 0 aliphatic carbocycles. The molecule has 1 fully saturated rings. The Morgan fingerprint density at radius 1 is 1.77 bits per heavy atom. The monoisotopic (exact) mass is 182 g/mol. The SMILES string of the molecule is O=C(O)c1ncnn1C1CCNC1. The number of aromatic carboxylic acids is 1. The van der Waals surface area contributed by atoms with Gasteiger partial charge in [0, 0.05) is 6.54 Å². The molecule has 0 saturated carbocycles. The number of nitrogens with one attached hydrogen (secondary N) is 1. The number of hydrogen-bond acceptors (Lipinski definition) is 4. The van der Waals surface area contributed by atoms with Crippen LogP contribution in [0.5, 0.6) is 0 Å². The minimum Gasteiger partial charge on any atom is -0.475 e. The molecule has 1 unspecified atom stereocenters. The van der Waals surface area contributed by atoms with Crippen LogP contribution in [0.4, 0.5) is 0 Å². The summed E-state index contributed by atoms with van der Waals surface area (Å²) in [7, 11) is 0. The number of hydrogen-bond donors (Lipinski definition) is 2. The predicted octanol–water partition coefficient (Wildman–Crippen LogP) is -0.489. The van der Waals surface area contributed by atoms with Gasteiger partial charge in [0.1, 0.15) is 6.33 Å². The van der Waals surface area contributed by atoms with Crippen LogP contribution in [0.3, 0.4) is 0 Å². The highest BCUT2D eigenvalue weighted by molar-refractivity contribution is 5.83. The fourth-order valence-corrected chi connectivity index (χ4v) is 1.52. The summed E-state index contributed by atoms with van der Waals surface area (Å²) in [5.74, 6) is -1.00. The molecule has 0 bridgehead atoms. The molecule has 2 N–H and O–H groups in total. The number of carboxylic acid groups (broad SMARTS) is 1. The van der Waals surface area contributed by atoms with Crippen molar-refractivity contribution in [2.75, 3.05) is 13.1 Å². The van der Waals surface area contributed by atoms with Gasteiger partial charge in [-0.25, -0.2) is 14.5 Å². The molecule has 0 radical (unpaired) electrons. The standard InChI is InChI=1S/C7H10N4O2/c12-7(13)6-9-4-10-11(6)5-1-2-8-3-5/h4-5,8H,1-3H2,(H,12,13). The van der Waals surface area contributed by atoms with Gasteiger partial charge >= 0.3 is 5.97 Å². The topological polar surface area (TPSA) is 80.0 Å². The second-order valence-corrected chi connectivity index (χ2v) is 2.98. The Hall–Kier alpha value is -1.43. The summed E-state index contributed by atoms with van der Waals surface area (Å²) in [6, 6.07) is 0.133. The molecule has 0 spiro atoms. The molecule has 0 aromatic carbocycles. The van der Waals surface area contributed by atoms with Crippen molar-refractivity contribution in [1.29, 1.82) is 0 Å². The van der Waals surface area contributed by atoms with Crippen LogP contribution in [-0.2, 0) is 0 Å². The first kappa shape index (κ1) is 8.18. The van der Waals surface area contributed by atoms with E-state index in [1.165, 1.54) is 11.0 Å². The number of aromatic nitrogens is 3. The molecule has 70 valence electrons. The number of carboxylic acids is 1. The van der Waals surface area contributed by atoms with E-state index in [9.17, 15) is 4.79 Å². The van der Waals surface area contributed by atoms with Crippen molar-refractivity contribution in [2.45, 2.75) is 12.5 Å². The largest absolute Gasteiger partial charge is 0.475 e. The van der Waals surface area contributed by atoms with Crippen LogP contribution in [-0.4, -0.2) is 38.9 Å². The van der Waals surface area contributed by atoms with Crippen LogP contribution in [0.25, 0.3) is 0 Å². The molecular weight excluding hydrogens is 172 g/mol. The van der Waals surface area contributed by atoms with E-state index in [-0.39, 0.29) is 11.9 Å². The van der Waals surface area contributed by atoms with E-state index in [1.54, 1.807) is 0 Å². The first-order valence-electron chi connectivity index (χ1n) is 4.12. The fourth-order valence-electron chi connectivity index (χ4n) is 1.52. The molecule has 0 amide bonds. The molecule has 1 aromatic heterocycles. The van der Waals surface area contributed by atoms with Crippen LogP contribution in [0.2, 0.25) is 0 Å². The third kappa shape index (κ3) is 1.40. The lowest BCUT2D eigenvalue weighted by molar-refractivity contribution is 0.0674. The third-order valence-corrected chi connectivity index (χ3v) is 2.14. The Labute approximate surface area is 74.6 Å². The maximum Gasteiger partial charge on any atom is 0.373 e. The average molecular weight is 182 g/mol. The van der Waals surface area contributed by atoms with Crippen molar-refractivity contribution in [2.24, 2.45) is 0 Å². The van der Waals surface area contributed by atoms with Crippen molar-refractivity contribution in [3.63, 3.8) is 0 Å². The van der Waals surface area contributed by atoms with Crippen LogP contribution in [0, 0.1) is 0 Å². The fraction of sp³-hybridized carbons (Fsp3) is 0.571. The molecule has 1 aliphatic rings. The summed E-state index contributed by atoms with van der Waals surface area (Å²) in [6.07, 6.45) is 2.19. The molecule has 2 rings (SSSR count). The van der Waals surface area contributed by atoms with E-state index in [0.29, 0.717) is 0 Å². The van der Waals surface area contributed by atoms with Gasteiger partial charge in [-0.3, -0.25) is 0 Å². The van der Waals surface area contributed by atoms with Crippen LogP contribution in [0.1, 0.15) is 23.1 Å². The zero-order valence-corrected chi connectivity index (χ0v) is 6.97. The molecule has 1 aliphatic heterocycles. The van der Waals surface area contributed by atoms with Gasteiger partial charge < -0.3 is 10.4 Å². The van der Waals surface area contributed by atoms with Gasteiger partial charge in [0.25, 0.3) is 0 Å². The van der Waals surface area contributed by atoms with Gasteiger partial charge in [0.15, 0.2) is 0 Å². The first-order chi connectivity index (χ1) is 6.29. The van der Waals surface area contributed by atoms with E-state index in [4.69, 9.17) is 5.11 Å². The molecule has 1 aromatic rings. The van der Waals surface area contributed by atoms with Gasteiger partial charge in [0.05, 0.1) is 6.04 Å². The Morgan fingerprint density at radius 2 is 2.62 bits per heavy atom. The Balaban J connectivity index is 2.28. The van der Waals surface area contributed by atoms with E-state index in [2.05, 4.69) is 15.4 Å². The quantitative estimate of drug-likeness (QED) is 0.645. The van der Waals surface area contributed by atoms with Crippen LogP contribution >= 0.6 is 0 Å². The molecule has 2 heterocycles. The second kappa shape index (κ2) is 3.14. The molecule has 1 saturated heterocycles. The predicted molar refractivity (Wildman–Crippen MR) is 43.5 cm³/mol. The summed E-state index contributed by atoms with van der Waals surface area (Å²) in [5, 5.41) is 15.8. The maximum atomic E-state index is 10.7. The summed E-state index contributed by atoms with van der Waals surface area (Å²) >= 11 is 0. The maximum absolute atomic E-state index is 10.7. The third-order valence-electron chi connectivity index (χ3n) is 2.14. The summed E-state index contributed by atoms with van der Waals surface area (Å²) in [5.41, 5.74) is 0. The summed E-state index contributed by atoms with van der Waals surface area (Å²) in [4.78, 5) is 14.4. The Kier molecular flexibility index (Phi) is 1.97. The zero-order valence-electron chi connectivity index (χ0n) is 6.97. The van der Waals surface area contributed by atoms with Crippen molar-refractivity contribution in [3.8, 4) is 0 Å². The highest BCUT2D eigenvalue weighted by Gasteiger charge is 2.22. The smallest absolute Gasteiger partial charge is 0.373 e. The molecule has 1 atom stereocenters. The Bertz CT molecular complexity index is 316. The van der Waals surface area contributed by atoms with E-state index in [1.807, 2.05) is 0 Å². The number of rotatable bonds is 2. The van der Waals surface area contributed by atoms with Gasteiger partial charge in [-0.2, -0.15) is 5.10 Å². The van der Waals surface area contributed by atoms with Gasteiger partial charge in [-0.05, 0) is 13.0 Å². The van der Waals surface area contributed by atoms with Crippen molar-refractivity contribution >= 4 is 5.97 Å². The minimum absolute atomic E-state index is 0.0219. The second-order valence-electron chi connectivity index (χ2n) is 2.98. The van der Waals surface area contributed by atoms with Crippen molar-refractivity contribution in [1.82, 2.24) is 20.1 Å². The Morgan fingerprint density at radius 3 is 3.23 bits per heavy atom. The van der Waals surface area contributed by atoms with Crippen molar-refractivity contribution < 1.29 is 9.90 Å². The lowest BCUT2D eigenvalue weighted by Gasteiger charge is -2.09. The van der Waals surface area contributed by atoms with Gasteiger partial charge in [0.2, 0.25) is 5.82 Å². The number of carbonyl (C=O) groups is 1.